The SMILES string of the molecule is CCCCCC(=O)O.CCCCCC(=O)O.CCCCCC(=O)O.[Fe]. The molecular formula is C18H36FeO6. The number of carboxylic acid groups (broad SMARTS) is 3. The Hall–Kier alpha value is -1.07. The van der Waals surface area contributed by atoms with Crippen molar-refractivity contribution < 1.29 is 46.8 Å². The Balaban J connectivity index is -0.000000130. The van der Waals surface area contributed by atoms with Gasteiger partial charge in [0.1, 0.15) is 0 Å². The maximum Gasteiger partial charge on any atom is 0.303 e. The molecule has 152 valence electrons. The van der Waals surface area contributed by atoms with Crippen molar-refractivity contribution in [2.24, 2.45) is 0 Å². The molecule has 0 radical (unpaired) electrons. The van der Waals surface area contributed by atoms with Gasteiger partial charge in [-0.25, -0.2) is 0 Å². The molecule has 0 aromatic carbocycles. The predicted octanol–water partition coefficient (Wildman–Crippen LogP) is 4.95. The molecule has 6 nitrogen and oxygen atoms in total. The first-order valence-electron chi connectivity index (χ1n) is 8.97. The Morgan fingerprint density at radius 2 is 0.720 bits per heavy atom. The van der Waals surface area contributed by atoms with E-state index in [-0.39, 0.29) is 17.1 Å². The maximum absolute atomic E-state index is 9.87. The molecule has 0 fully saturated rings. The minimum atomic E-state index is -0.682. The molecule has 0 amide bonds. The van der Waals surface area contributed by atoms with Crippen molar-refractivity contribution in [3.05, 3.63) is 0 Å². The molecule has 0 atom stereocenters. The summed E-state index contributed by atoms with van der Waals surface area (Å²) in [4.78, 5) is 29.6. The summed E-state index contributed by atoms with van der Waals surface area (Å²) in [5.41, 5.74) is 0. The topological polar surface area (TPSA) is 112 Å². The third kappa shape index (κ3) is 51.8. The van der Waals surface area contributed by atoms with Crippen LogP contribution in [-0.2, 0) is 31.5 Å². The fourth-order valence-electron chi connectivity index (χ4n) is 1.58. The van der Waals surface area contributed by atoms with E-state index in [1.54, 1.807) is 0 Å². The van der Waals surface area contributed by atoms with Crippen LogP contribution in [0.4, 0.5) is 0 Å². The van der Waals surface area contributed by atoms with Gasteiger partial charge < -0.3 is 15.3 Å². The van der Waals surface area contributed by atoms with Gasteiger partial charge in [0.15, 0.2) is 0 Å². The molecule has 0 rings (SSSR count). The van der Waals surface area contributed by atoms with E-state index in [0.717, 1.165) is 57.8 Å². The molecule has 0 saturated heterocycles. The van der Waals surface area contributed by atoms with Crippen LogP contribution < -0.4 is 0 Å². The van der Waals surface area contributed by atoms with Crippen molar-refractivity contribution in [3.8, 4) is 0 Å². The molecule has 7 heteroatoms. The van der Waals surface area contributed by atoms with Crippen molar-refractivity contribution in [1.29, 1.82) is 0 Å². The van der Waals surface area contributed by atoms with E-state index in [0.29, 0.717) is 19.3 Å². The van der Waals surface area contributed by atoms with Gasteiger partial charge in [-0.3, -0.25) is 14.4 Å². The van der Waals surface area contributed by atoms with Crippen LogP contribution >= 0.6 is 0 Å². The standard InChI is InChI=1S/3C6H12O2.Fe/c3*1-2-3-4-5-6(7)8;/h3*2-5H2,1H3,(H,7,8);. The monoisotopic (exact) mass is 404 g/mol. The minimum absolute atomic E-state index is 0. The summed E-state index contributed by atoms with van der Waals surface area (Å²) in [6.07, 6.45) is 9.83. The van der Waals surface area contributed by atoms with E-state index in [4.69, 9.17) is 15.3 Å². The van der Waals surface area contributed by atoms with Gasteiger partial charge in [-0.2, -0.15) is 0 Å². The second kappa shape index (κ2) is 27.8. The summed E-state index contributed by atoms with van der Waals surface area (Å²) in [7, 11) is 0. The zero-order chi connectivity index (χ0) is 19.2. The largest absolute Gasteiger partial charge is 0.481 e. The van der Waals surface area contributed by atoms with Crippen LogP contribution in [0, 0.1) is 0 Å². The second-order valence-electron chi connectivity index (χ2n) is 5.55. The average molecular weight is 404 g/mol. The van der Waals surface area contributed by atoms with Crippen LogP contribution in [0.3, 0.4) is 0 Å². The van der Waals surface area contributed by atoms with E-state index in [1.807, 2.05) is 0 Å². The van der Waals surface area contributed by atoms with E-state index >= 15 is 0 Å². The van der Waals surface area contributed by atoms with E-state index in [1.165, 1.54) is 0 Å². The summed E-state index contributed by atoms with van der Waals surface area (Å²) in [6, 6.07) is 0. The molecular weight excluding hydrogens is 368 g/mol. The molecule has 0 aromatic rings. The fraction of sp³-hybridized carbons (Fsp3) is 0.833. The van der Waals surface area contributed by atoms with Gasteiger partial charge >= 0.3 is 17.9 Å². The Labute approximate surface area is 162 Å². The van der Waals surface area contributed by atoms with Gasteiger partial charge in [-0.1, -0.05) is 59.3 Å². The van der Waals surface area contributed by atoms with Crippen LogP contribution in [0.5, 0.6) is 0 Å². The Kier molecular flexibility index (Phi) is 35.2. The van der Waals surface area contributed by atoms with Gasteiger partial charge in [-0.05, 0) is 19.3 Å². The van der Waals surface area contributed by atoms with Crippen LogP contribution in [-0.4, -0.2) is 33.2 Å². The van der Waals surface area contributed by atoms with Crippen molar-refractivity contribution in [2.45, 2.75) is 97.8 Å². The summed E-state index contributed by atoms with van der Waals surface area (Å²) in [5, 5.41) is 24.4. The number of rotatable bonds is 12. The zero-order valence-corrected chi connectivity index (χ0v) is 17.0. The van der Waals surface area contributed by atoms with Crippen molar-refractivity contribution >= 4 is 17.9 Å². The number of carboxylic acids is 3. The number of hydrogen-bond donors (Lipinski definition) is 3. The molecule has 0 aromatic heterocycles. The molecule has 0 unspecified atom stereocenters. The van der Waals surface area contributed by atoms with Crippen molar-refractivity contribution in [3.63, 3.8) is 0 Å². The summed E-state index contributed by atoms with van der Waals surface area (Å²) in [6.45, 7) is 6.17. The Bertz CT molecular complexity index is 260. The normalized spacial score (nSPS) is 8.76. The quantitative estimate of drug-likeness (QED) is 0.313. The molecule has 0 aliphatic rings. The Morgan fingerprint density at radius 1 is 0.520 bits per heavy atom. The number of hydrogen-bond acceptors (Lipinski definition) is 3. The molecule has 0 aliphatic carbocycles. The third-order valence-electron chi connectivity index (χ3n) is 2.98. The third-order valence-corrected chi connectivity index (χ3v) is 2.98. The first-order valence-corrected chi connectivity index (χ1v) is 8.97. The van der Waals surface area contributed by atoms with Gasteiger partial charge in [0.2, 0.25) is 0 Å². The fourth-order valence-corrected chi connectivity index (χ4v) is 1.58. The van der Waals surface area contributed by atoms with Crippen LogP contribution in [0.1, 0.15) is 97.8 Å². The number of aliphatic carboxylic acids is 3. The molecule has 0 aliphatic heterocycles. The molecule has 0 saturated carbocycles. The zero-order valence-electron chi connectivity index (χ0n) is 15.9. The van der Waals surface area contributed by atoms with Gasteiger partial charge in [0.25, 0.3) is 0 Å². The maximum atomic E-state index is 9.87. The first kappa shape index (κ1) is 31.7. The first-order chi connectivity index (χ1) is 11.3. The van der Waals surface area contributed by atoms with E-state index in [2.05, 4.69) is 20.8 Å². The predicted molar refractivity (Wildman–Crippen MR) is 95.3 cm³/mol. The van der Waals surface area contributed by atoms with Crippen molar-refractivity contribution in [1.82, 2.24) is 0 Å². The molecule has 3 N–H and O–H groups in total. The minimum Gasteiger partial charge on any atom is -0.481 e. The van der Waals surface area contributed by atoms with Crippen LogP contribution in [0.25, 0.3) is 0 Å². The second-order valence-corrected chi connectivity index (χ2v) is 5.55. The summed E-state index contributed by atoms with van der Waals surface area (Å²) < 4.78 is 0. The van der Waals surface area contributed by atoms with Gasteiger partial charge in [-0.15, -0.1) is 0 Å². The smallest absolute Gasteiger partial charge is 0.303 e. The van der Waals surface area contributed by atoms with Gasteiger partial charge in [0, 0.05) is 36.3 Å². The number of carbonyl (C=O) groups is 3. The molecule has 0 heterocycles. The molecule has 0 bridgehead atoms. The van der Waals surface area contributed by atoms with Crippen molar-refractivity contribution in [2.75, 3.05) is 0 Å². The average Bonchev–Trinajstić information content (AvgIpc) is 2.48. The van der Waals surface area contributed by atoms with E-state index < -0.39 is 17.9 Å². The molecule has 0 spiro atoms. The Morgan fingerprint density at radius 3 is 0.840 bits per heavy atom. The van der Waals surface area contributed by atoms with Gasteiger partial charge in [0.05, 0.1) is 0 Å². The van der Waals surface area contributed by atoms with Crippen LogP contribution in [0.2, 0.25) is 0 Å². The number of unbranched alkanes of at least 4 members (excludes halogenated alkanes) is 6. The van der Waals surface area contributed by atoms with E-state index in [9.17, 15) is 14.4 Å². The van der Waals surface area contributed by atoms with Crippen LogP contribution in [0.15, 0.2) is 0 Å². The summed E-state index contributed by atoms with van der Waals surface area (Å²) >= 11 is 0. The summed E-state index contributed by atoms with van der Waals surface area (Å²) in [5.74, 6) is -2.05. The molecule has 25 heavy (non-hydrogen) atoms.